The summed E-state index contributed by atoms with van der Waals surface area (Å²) in [4.78, 5) is 0. The summed E-state index contributed by atoms with van der Waals surface area (Å²) in [6, 6.07) is 7.66. The van der Waals surface area contributed by atoms with Crippen LogP contribution in [0.25, 0.3) is 0 Å². The summed E-state index contributed by atoms with van der Waals surface area (Å²) in [5, 5.41) is 4.96. The molecule has 0 fully saturated rings. The SMILES string of the molecule is CCn1nccc1C(N)c1ccc(I)c(Cl)c1. The van der Waals surface area contributed by atoms with E-state index in [-0.39, 0.29) is 6.04 Å². The van der Waals surface area contributed by atoms with Crippen molar-refractivity contribution < 1.29 is 0 Å². The first-order chi connectivity index (χ1) is 8.13. The fraction of sp³-hybridized carbons (Fsp3) is 0.250. The molecule has 17 heavy (non-hydrogen) atoms. The molecule has 0 saturated carbocycles. The summed E-state index contributed by atoms with van der Waals surface area (Å²) in [7, 11) is 0. The Labute approximate surface area is 119 Å². The molecular formula is C12H13ClIN3. The standard InChI is InChI=1S/C12H13ClIN3/c1-2-17-11(5-6-16-17)12(15)8-3-4-10(14)9(13)7-8/h3-7,12H,2,15H2,1H3. The number of aromatic nitrogens is 2. The molecule has 2 rings (SSSR count). The van der Waals surface area contributed by atoms with Crippen LogP contribution < -0.4 is 5.73 Å². The molecular weight excluding hydrogens is 349 g/mol. The smallest absolute Gasteiger partial charge is 0.0723 e. The molecule has 0 bridgehead atoms. The Morgan fingerprint density at radius 1 is 1.47 bits per heavy atom. The third-order valence-corrected chi connectivity index (χ3v) is 4.24. The fourth-order valence-corrected chi connectivity index (χ4v) is 2.27. The van der Waals surface area contributed by atoms with E-state index in [0.717, 1.165) is 26.4 Å². The Balaban J connectivity index is 2.36. The quantitative estimate of drug-likeness (QED) is 0.853. The van der Waals surface area contributed by atoms with Gasteiger partial charge in [0.1, 0.15) is 0 Å². The van der Waals surface area contributed by atoms with Gasteiger partial charge < -0.3 is 5.73 Å². The molecule has 5 heteroatoms. The molecule has 3 nitrogen and oxygen atoms in total. The highest BCUT2D eigenvalue weighted by atomic mass is 127. The molecule has 0 aliphatic carbocycles. The Morgan fingerprint density at radius 2 is 2.24 bits per heavy atom. The maximum absolute atomic E-state index is 6.23. The van der Waals surface area contributed by atoms with Gasteiger partial charge in [-0.05, 0) is 53.3 Å². The van der Waals surface area contributed by atoms with Gasteiger partial charge in [0.2, 0.25) is 0 Å². The van der Waals surface area contributed by atoms with Crippen molar-refractivity contribution in [3.05, 3.63) is 50.3 Å². The molecule has 1 aromatic heterocycles. The molecule has 0 spiro atoms. The molecule has 2 N–H and O–H groups in total. The summed E-state index contributed by atoms with van der Waals surface area (Å²) in [6.45, 7) is 2.86. The number of nitrogens with zero attached hydrogens (tertiary/aromatic N) is 2. The zero-order valence-electron chi connectivity index (χ0n) is 9.40. The van der Waals surface area contributed by atoms with Crippen molar-refractivity contribution in [1.82, 2.24) is 9.78 Å². The van der Waals surface area contributed by atoms with E-state index in [1.807, 2.05) is 35.9 Å². The Morgan fingerprint density at radius 3 is 2.88 bits per heavy atom. The molecule has 1 aromatic carbocycles. The van der Waals surface area contributed by atoms with Gasteiger partial charge in [0.15, 0.2) is 0 Å². The maximum atomic E-state index is 6.23. The number of hydrogen-bond donors (Lipinski definition) is 1. The van der Waals surface area contributed by atoms with Crippen LogP contribution in [0.2, 0.25) is 5.02 Å². The lowest BCUT2D eigenvalue weighted by Gasteiger charge is -2.14. The van der Waals surface area contributed by atoms with Gasteiger partial charge in [0.25, 0.3) is 0 Å². The molecule has 1 unspecified atom stereocenters. The Hall–Kier alpha value is -0.590. The van der Waals surface area contributed by atoms with Gasteiger partial charge in [0, 0.05) is 16.3 Å². The predicted octanol–water partition coefficient (Wildman–Crippen LogP) is 3.21. The van der Waals surface area contributed by atoms with Crippen LogP contribution >= 0.6 is 34.2 Å². The van der Waals surface area contributed by atoms with Gasteiger partial charge >= 0.3 is 0 Å². The van der Waals surface area contributed by atoms with Crippen molar-refractivity contribution >= 4 is 34.2 Å². The average molecular weight is 362 g/mol. The van der Waals surface area contributed by atoms with Crippen molar-refractivity contribution in [2.75, 3.05) is 0 Å². The molecule has 0 aliphatic heterocycles. The summed E-state index contributed by atoms with van der Waals surface area (Å²) >= 11 is 8.31. The minimum absolute atomic E-state index is 0.188. The van der Waals surface area contributed by atoms with Crippen molar-refractivity contribution in [2.45, 2.75) is 19.5 Å². The van der Waals surface area contributed by atoms with Gasteiger partial charge in [-0.1, -0.05) is 17.7 Å². The summed E-state index contributed by atoms with van der Waals surface area (Å²) in [5.74, 6) is 0. The van der Waals surface area contributed by atoms with Gasteiger partial charge in [-0.15, -0.1) is 0 Å². The fourth-order valence-electron chi connectivity index (χ4n) is 1.75. The highest BCUT2D eigenvalue weighted by Crippen LogP contribution is 2.25. The summed E-state index contributed by atoms with van der Waals surface area (Å²) < 4.78 is 2.93. The second-order valence-electron chi connectivity index (χ2n) is 3.72. The van der Waals surface area contributed by atoms with E-state index < -0.39 is 0 Å². The van der Waals surface area contributed by atoms with E-state index in [1.54, 1.807) is 6.20 Å². The summed E-state index contributed by atoms with van der Waals surface area (Å²) in [6.07, 6.45) is 1.77. The molecule has 1 heterocycles. The maximum Gasteiger partial charge on any atom is 0.0723 e. The van der Waals surface area contributed by atoms with Crippen LogP contribution in [0, 0.1) is 3.57 Å². The second kappa shape index (κ2) is 5.37. The van der Waals surface area contributed by atoms with Crippen molar-refractivity contribution in [3.8, 4) is 0 Å². The average Bonchev–Trinajstić information content (AvgIpc) is 2.80. The zero-order chi connectivity index (χ0) is 12.4. The molecule has 0 saturated heterocycles. The van der Waals surface area contributed by atoms with Crippen LogP contribution in [0.1, 0.15) is 24.2 Å². The normalized spacial score (nSPS) is 12.7. The largest absolute Gasteiger partial charge is 0.319 e. The zero-order valence-corrected chi connectivity index (χ0v) is 12.3. The monoisotopic (exact) mass is 361 g/mol. The molecule has 0 aliphatic rings. The van der Waals surface area contributed by atoms with E-state index in [0.29, 0.717) is 0 Å². The minimum atomic E-state index is -0.188. The second-order valence-corrected chi connectivity index (χ2v) is 5.29. The van der Waals surface area contributed by atoms with Gasteiger partial charge in [-0.25, -0.2) is 0 Å². The van der Waals surface area contributed by atoms with Crippen LogP contribution in [0.3, 0.4) is 0 Å². The number of rotatable bonds is 3. The third-order valence-electron chi connectivity index (χ3n) is 2.67. The van der Waals surface area contributed by atoms with Crippen molar-refractivity contribution in [2.24, 2.45) is 5.73 Å². The van der Waals surface area contributed by atoms with E-state index in [4.69, 9.17) is 17.3 Å². The molecule has 2 aromatic rings. The van der Waals surface area contributed by atoms with Crippen LogP contribution in [0.5, 0.6) is 0 Å². The molecule has 0 radical (unpaired) electrons. The lowest BCUT2D eigenvalue weighted by atomic mass is 10.0. The van der Waals surface area contributed by atoms with E-state index in [2.05, 4.69) is 27.7 Å². The number of benzene rings is 1. The highest BCUT2D eigenvalue weighted by Gasteiger charge is 2.14. The van der Waals surface area contributed by atoms with Crippen LogP contribution in [0.15, 0.2) is 30.5 Å². The van der Waals surface area contributed by atoms with Crippen LogP contribution in [-0.2, 0) is 6.54 Å². The van der Waals surface area contributed by atoms with E-state index in [1.165, 1.54) is 0 Å². The van der Waals surface area contributed by atoms with Crippen molar-refractivity contribution in [1.29, 1.82) is 0 Å². The number of nitrogens with two attached hydrogens (primary N) is 1. The first-order valence-corrected chi connectivity index (χ1v) is 6.81. The van der Waals surface area contributed by atoms with Crippen LogP contribution in [-0.4, -0.2) is 9.78 Å². The lowest BCUT2D eigenvalue weighted by molar-refractivity contribution is 0.601. The minimum Gasteiger partial charge on any atom is -0.319 e. The Kier molecular flexibility index (Phi) is 4.06. The lowest BCUT2D eigenvalue weighted by Crippen LogP contribution is -2.17. The third kappa shape index (κ3) is 2.64. The highest BCUT2D eigenvalue weighted by molar-refractivity contribution is 14.1. The van der Waals surface area contributed by atoms with E-state index in [9.17, 15) is 0 Å². The van der Waals surface area contributed by atoms with Gasteiger partial charge in [0.05, 0.1) is 16.8 Å². The number of aryl methyl sites for hydroxylation is 1. The first kappa shape index (κ1) is 12.9. The summed E-state index contributed by atoms with van der Waals surface area (Å²) in [5.41, 5.74) is 8.24. The Bertz CT molecular complexity index is 524. The van der Waals surface area contributed by atoms with Crippen LogP contribution in [0.4, 0.5) is 0 Å². The van der Waals surface area contributed by atoms with Gasteiger partial charge in [-0.2, -0.15) is 5.10 Å². The first-order valence-electron chi connectivity index (χ1n) is 5.35. The number of hydrogen-bond acceptors (Lipinski definition) is 2. The topological polar surface area (TPSA) is 43.8 Å². The molecule has 90 valence electrons. The predicted molar refractivity (Wildman–Crippen MR) is 78.1 cm³/mol. The molecule has 1 atom stereocenters. The van der Waals surface area contributed by atoms with Gasteiger partial charge in [-0.3, -0.25) is 4.68 Å². The van der Waals surface area contributed by atoms with E-state index >= 15 is 0 Å². The molecule has 0 amide bonds. The van der Waals surface area contributed by atoms with Crippen molar-refractivity contribution in [3.63, 3.8) is 0 Å². The number of halogens is 2.